The summed E-state index contributed by atoms with van der Waals surface area (Å²) in [6.45, 7) is 5.73. The van der Waals surface area contributed by atoms with Crippen molar-refractivity contribution in [2.45, 2.75) is 20.3 Å². The Morgan fingerprint density at radius 2 is 2.31 bits per heavy atom. The fraction of sp³-hybridized carbons (Fsp3) is 0.778. The summed E-state index contributed by atoms with van der Waals surface area (Å²) in [4.78, 5) is 24.4. The van der Waals surface area contributed by atoms with Crippen LogP contribution >= 0.6 is 0 Å². The van der Waals surface area contributed by atoms with Crippen molar-refractivity contribution in [2.75, 3.05) is 19.6 Å². The molecule has 4 heteroatoms. The van der Waals surface area contributed by atoms with Gasteiger partial charge in [0, 0.05) is 26.1 Å². The second kappa shape index (κ2) is 4.25. The molecule has 1 heterocycles. The van der Waals surface area contributed by atoms with Crippen LogP contribution in [0.15, 0.2) is 0 Å². The van der Waals surface area contributed by atoms with E-state index in [0.717, 1.165) is 0 Å². The second-order valence-electron chi connectivity index (χ2n) is 3.23. The monoisotopic (exact) mass is 184 g/mol. The summed E-state index contributed by atoms with van der Waals surface area (Å²) in [5.41, 5.74) is 0. The Balaban J connectivity index is 2.48. The highest BCUT2D eigenvalue weighted by atomic mass is 16.2. The molecule has 1 saturated heterocycles. The second-order valence-corrected chi connectivity index (χ2v) is 3.23. The van der Waals surface area contributed by atoms with Crippen molar-refractivity contribution in [3.63, 3.8) is 0 Å². The first-order valence-corrected chi connectivity index (χ1v) is 4.74. The molecule has 1 aliphatic heterocycles. The maximum absolute atomic E-state index is 11.4. The normalized spacial score (nSPS) is 22.2. The van der Waals surface area contributed by atoms with Gasteiger partial charge in [-0.05, 0) is 13.8 Å². The quantitative estimate of drug-likeness (QED) is 0.670. The van der Waals surface area contributed by atoms with Crippen molar-refractivity contribution in [3.05, 3.63) is 0 Å². The van der Waals surface area contributed by atoms with E-state index in [1.165, 1.54) is 0 Å². The van der Waals surface area contributed by atoms with Crippen molar-refractivity contribution in [1.29, 1.82) is 0 Å². The molecule has 1 rings (SSSR count). The molecule has 74 valence electrons. The Kier molecular flexibility index (Phi) is 3.28. The first kappa shape index (κ1) is 10.0. The number of hydrogen-bond donors (Lipinski definition) is 1. The van der Waals surface area contributed by atoms with Gasteiger partial charge in [0.05, 0.1) is 5.92 Å². The van der Waals surface area contributed by atoms with E-state index in [1.807, 2.05) is 13.8 Å². The van der Waals surface area contributed by atoms with Gasteiger partial charge >= 0.3 is 0 Å². The van der Waals surface area contributed by atoms with Crippen LogP contribution in [0, 0.1) is 5.92 Å². The van der Waals surface area contributed by atoms with Crippen LogP contribution in [0.1, 0.15) is 20.3 Å². The van der Waals surface area contributed by atoms with Crippen LogP contribution in [0.5, 0.6) is 0 Å². The number of amides is 2. The van der Waals surface area contributed by atoms with E-state index in [2.05, 4.69) is 5.32 Å². The lowest BCUT2D eigenvalue weighted by molar-refractivity contribution is -0.128. The number of nitrogens with one attached hydrogen (secondary N) is 1. The van der Waals surface area contributed by atoms with Crippen LogP contribution < -0.4 is 5.32 Å². The van der Waals surface area contributed by atoms with E-state index in [4.69, 9.17) is 0 Å². The predicted molar refractivity (Wildman–Crippen MR) is 49.0 cm³/mol. The summed E-state index contributed by atoms with van der Waals surface area (Å²) >= 11 is 0. The minimum atomic E-state index is -0.132. The first-order chi connectivity index (χ1) is 6.19. The molecule has 1 fully saturated rings. The van der Waals surface area contributed by atoms with Gasteiger partial charge in [-0.25, -0.2) is 0 Å². The molecule has 0 aromatic heterocycles. The van der Waals surface area contributed by atoms with Gasteiger partial charge in [-0.1, -0.05) is 0 Å². The molecular formula is C9H16N2O2. The summed E-state index contributed by atoms with van der Waals surface area (Å²) in [6.07, 6.45) is 0.375. The Morgan fingerprint density at radius 3 is 2.77 bits per heavy atom. The molecule has 13 heavy (non-hydrogen) atoms. The largest absolute Gasteiger partial charge is 0.356 e. The molecule has 0 saturated carbocycles. The van der Waals surface area contributed by atoms with Gasteiger partial charge in [-0.15, -0.1) is 0 Å². The van der Waals surface area contributed by atoms with Crippen molar-refractivity contribution in [3.8, 4) is 0 Å². The van der Waals surface area contributed by atoms with Crippen LogP contribution in [-0.4, -0.2) is 36.3 Å². The number of hydrogen-bond acceptors (Lipinski definition) is 2. The lowest BCUT2D eigenvalue weighted by atomic mass is 10.1. The topological polar surface area (TPSA) is 49.4 Å². The summed E-state index contributed by atoms with van der Waals surface area (Å²) < 4.78 is 0. The fourth-order valence-electron chi connectivity index (χ4n) is 1.57. The SMILES string of the molecule is CCNC(=O)[C@H]1CC(=O)N(CC)C1. The summed E-state index contributed by atoms with van der Waals surface area (Å²) in [5, 5.41) is 2.73. The maximum atomic E-state index is 11.4. The smallest absolute Gasteiger partial charge is 0.225 e. The number of carbonyl (C=O) groups excluding carboxylic acids is 2. The van der Waals surface area contributed by atoms with E-state index < -0.39 is 0 Å². The summed E-state index contributed by atoms with van der Waals surface area (Å²) in [6, 6.07) is 0. The highest BCUT2D eigenvalue weighted by molar-refractivity contribution is 5.89. The highest BCUT2D eigenvalue weighted by Gasteiger charge is 2.32. The molecule has 1 N–H and O–H groups in total. The third-order valence-corrected chi connectivity index (χ3v) is 2.32. The molecule has 0 aliphatic carbocycles. The number of likely N-dealkylation sites (tertiary alicyclic amines) is 1. The van der Waals surface area contributed by atoms with Crippen molar-refractivity contribution in [1.82, 2.24) is 10.2 Å². The molecular weight excluding hydrogens is 168 g/mol. The van der Waals surface area contributed by atoms with Crippen LogP contribution in [0.25, 0.3) is 0 Å². The number of nitrogens with zero attached hydrogens (tertiary/aromatic N) is 1. The lowest BCUT2D eigenvalue weighted by Crippen LogP contribution is -2.32. The molecule has 0 radical (unpaired) electrons. The fourth-order valence-corrected chi connectivity index (χ4v) is 1.57. The zero-order chi connectivity index (χ0) is 9.84. The van der Waals surface area contributed by atoms with Gasteiger partial charge in [-0.3, -0.25) is 9.59 Å². The Morgan fingerprint density at radius 1 is 1.62 bits per heavy atom. The van der Waals surface area contributed by atoms with Crippen LogP contribution in [0.4, 0.5) is 0 Å². The molecule has 1 aliphatic rings. The average Bonchev–Trinajstić information content (AvgIpc) is 2.47. The zero-order valence-corrected chi connectivity index (χ0v) is 8.17. The standard InChI is InChI=1S/C9H16N2O2/c1-3-10-9(13)7-5-8(12)11(4-2)6-7/h7H,3-6H2,1-2H3,(H,10,13)/t7-/m0/s1. The highest BCUT2D eigenvalue weighted by Crippen LogP contribution is 2.16. The van der Waals surface area contributed by atoms with Gasteiger partial charge in [0.15, 0.2) is 0 Å². The van der Waals surface area contributed by atoms with Gasteiger partial charge in [0.1, 0.15) is 0 Å². The van der Waals surface area contributed by atoms with Gasteiger partial charge in [0.2, 0.25) is 11.8 Å². The Labute approximate surface area is 78.3 Å². The van der Waals surface area contributed by atoms with E-state index in [9.17, 15) is 9.59 Å². The van der Waals surface area contributed by atoms with Gasteiger partial charge < -0.3 is 10.2 Å². The Hall–Kier alpha value is -1.06. The first-order valence-electron chi connectivity index (χ1n) is 4.74. The van der Waals surface area contributed by atoms with E-state index in [1.54, 1.807) is 4.90 Å². The minimum absolute atomic E-state index is 0.00630. The van der Waals surface area contributed by atoms with E-state index in [0.29, 0.717) is 26.1 Å². The Bertz CT molecular complexity index is 216. The van der Waals surface area contributed by atoms with E-state index >= 15 is 0 Å². The molecule has 4 nitrogen and oxygen atoms in total. The molecule has 0 aromatic carbocycles. The molecule has 0 bridgehead atoms. The average molecular weight is 184 g/mol. The third-order valence-electron chi connectivity index (χ3n) is 2.32. The van der Waals surface area contributed by atoms with Gasteiger partial charge in [0.25, 0.3) is 0 Å². The van der Waals surface area contributed by atoms with Crippen LogP contribution in [0.2, 0.25) is 0 Å². The summed E-state index contributed by atoms with van der Waals surface area (Å²) in [7, 11) is 0. The van der Waals surface area contributed by atoms with Gasteiger partial charge in [-0.2, -0.15) is 0 Å². The summed E-state index contributed by atoms with van der Waals surface area (Å²) in [5.74, 6) is -0.0297. The van der Waals surface area contributed by atoms with Crippen molar-refractivity contribution < 1.29 is 9.59 Å². The molecule has 0 unspecified atom stereocenters. The molecule has 0 spiro atoms. The van der Waals surface area contributed by atoms with E-state index in [-0.39, 0.29) is 17.7 Å². The number of rotatable bonds is 3. The molecule has 1 atom stereocenters. The number of carbonyl (C=O) groups is 2. The van der Waals surface area contributed by atoms with Crippen molar-refractivity contribution >= 4 is 11.8 Å². The maximum Gasteiger partial charge on any atom is 0.225 e. The lowest BCUT2D eigenvalue weighted by Gasteiger charge is -2.12. The predicted octanol–water partition coefficient (Wildman–Crippen LogP) is -0.00910. The van der Waals surface area contributed by atoms with Crippen LogP contribution in [-0.2, 0) is 9.59 Å². The minimum Gasteiger partial charge on any atom is -0.356 e. The molecule has 0 aromatic rings. The zero-order valence-electron chi connectivity index (χ0n) is 8.17. The van der Waals surface area contributed by atoms with Crippen LogP contribution in [0.3, 0.4) is 0 Å². The molecule has 2 amide bonds. The van der Waals surface area contributed by atoms with Crippen molar-refractivity contribution in [2.24, 2.45) is 5.92 Å². The third kappa shape index (κ3) is 2.20.